The third-order valence-electron chi connectivity index (χ3n) is 1.69. The highest BCUT2D eigenvalue weighted by molar-refractivity contribution is 9.10. The molecule has 4 nitrogen and oxygen atoms in total. The lowest BCUT2D eigenvalue weighted by atomic mass is 10.4. The molecule has 1 aromatic carbocycles. The Kier molecular flexibility index (Phi) is 7.24. The lowest BCUT2D eigenvalue weighted by Gasteiger charge is -2.15. The van der Waals surface area contributed by atoms with Crippen LogP contribution in [-0.4, -0.2) is 13.2 Å². The number of hydrogen-bond acceptors (Lipinski definition) is 5. The first-order chi connectivity index (χ1) is 8.50. The Labute approximate surface area is 124 Å². The quantitative estimate of drug-likeness (QED) is 0.477. The van der Waals surface area contributed by atoms with E-state index in [9.17, 15) is 4.57 Å². The van der Waals surface area contributed by atoms with Crippen molar-refractivity contribution in [3.05, 3.63) is 27.7 Å². The normalized spacial score (nSPS) is 11.8. The van der Waals surface area contributed by atoms with Crippen LogP contribution in [0.4, 0.5) is 0 Å². The number of phosphoric ester groups is 1. The zero-order valence-corrected chi connectivity index (χ0v) is 13.9. The molecule has 0 bridgehead atoms. The summed E-state index contributed by atoms with van der Waals surface area (Å²) < 4.78 is 28.0. The van der Waals surface area contributed by atoms with Crippen LogP contribution in [0.25, 0.3) is 0 Å². The molecule has 0 aliphatic heterocycles. The molecule has 0 aliphatic carbocycles. The van der Waals surface area contributed by atoms with Crippen LogP contribution in [0.3, 0.4) is 0 Å². The maximum atomic E-state index is 12.0. The minimum Gasteiger partial charge on any atom is -0.287 e. The van der Waals surface area contributed by atoms with E-state index in [0.717, 1.165) is 16.5 Å². The van der Waals surface area contributed by atoms with Crippen molar-refractivity contribution in [3.63, 3.8) is 0 Å². The van der Waals surface area contributed by atoms with E-state index < -0.39 is 7.82 Å². The minimum absolute atomic E-state index is 0.242. The number of benzene rings is 1. The summed E-state index contributed by atoms with van der Waals surface area (Å²) in [6.07, 6.45) is 0. The van der Waals surface area contributed by atoms with E-state index in [4.69, 9.17) is 24.6 Å². The molecule has 0 aromatic heterocycles. The Bertz CT molecular complexity index is 436. The molecule has 0 heterocycles. The van der Waals surface area contributed by atoms with Crippen molar-refractivity contribution in [2.75, 3.05) is 13.2 Å². The number of hydrogen-bond donors (Lipinski definition) is 0. The first-order valence-corrected chi connectivity index (χ1v) is 8.58. The highest BCUT2D eigenvalue weighted by Crippen LogP contribution is 2.54. The SMILES string of the molecule is CCOP(=O)(OCC)OSc1ccc(Br)cc1Cl. The highest BCUT2D eigenvalue weighted by Gasteiger charge is 2.26. The van der Waals surface area contributed by atoms with Gasteiger partial charge >= 0.3 is 7.82 Å². The zero-order valence-electron chi connectivity index (χ0n) is 9.89. The summed E-state index contributed by atoms with van der Waals surface area (Å²) in [5.41, 5.74) is 0. The van der Waals surface area contributed by atoms with Gasteiger partial charge in [-0.15, -0.1) is 0 Å². The molecule has 1 rings (SSSR count). The van der Waals surface area contributed by atoms with Crippen molar-refractivity contribution >= 4 is 47.4 Å². The Morgan fingerprint density at radius 3 is 2.44 bits per heavy atom. The standard InChI is InChI=1S/C10H13BrClO4PS/c1-3-14-17(13,15-4-2)16-18-10-6-5-8(11)7-9(10)12/h5-7H,3-4H2,1-2H3. The molecule has 18 heavy (non-hydrogen) atoms. The second kappa shape index (κ2) is 7.90. The predicted molar refractivity (Wildman–Crippen MR) is 77.0 cm³/mol. The second-order valence-corrected chi connectivity index (χ2v) is 6.95. The van der Waals surface area contributed by atoms with Gasteiger partial charge in [-0.1, -0.05) is 27.5 Å². The average molecular weight is 376 g/mol. The van der Waals surface area contributed by atoms with Gasteiger partial charge in [0.2, 0.25) is 0 Å². The van der Waals surface area contributed by atoms with Crippen molar-refractivity contribution < 1.29 is 17.6 Å². The van der Waals surface area contributed by atoms with Crippen LogP contribution >= 0.6 is 47.4 Å². The van der Waals surface area contributed by atoms with Gasteiger partial charge in [-0.05, 0) is 32.0 Å². The van der Waals surface area contributed by atoms with Crippen LogP contribution in [-0.2, 0) is 17.6 Å². The van der Waals surface area contributed by atoms with Crippen molar-refractivity contribution in [2.45, 2.75) is 18.7 Å². The minimum atomic E-state index is -3.52. The average Bonchev–Trinajstić information content (AvgIpc) is 2.28. The van der Waals surface area contributed by atoms with Crippen LogP contribution in [0.15, 0.2) is 27.6 Å². The predicted octanol–water partition coefficient (Wildman–Crippen LogP) is 5.31. The van der Waals surface area contributed by atoms with Gasteiger partial charge in [0, 0.05) is 16.5 Å². The molecular weight excluding hydrogens is 363 g/mol. The van der Waals surface area contributed by atoms with Gasteiger partial charge in [0.25, 0.3) is 0 Å². The smallest absolute Gasteiger partial charge is 0.287 e. The Morgan fingerprint density at radius 1 is 1.33 bits per heavy atom. The van der Waals surface area contributed by atoms with E-state index in [-0.39, 0.29) is 13.2 Å². The molecule has 0 unspecified atom stereocenters. The van der Waals surface area contributed by atoms with E-state index in [1.165, 1.54) is 0 Å². The van der Waals surface area contributed by atoms with E-state index in [1.807, 2.05) is 6.07 Å². The molecule has 0 radical (unpaired) electrons. The van der Waals surface area contributed by atoms with Gasteiger partial charge in [0.1, 0.15) is 0 Å². The van der Waals surface area contributed by atoms with Gasteiger partial charge < -0.3 is 0 Å². The molecule has 1 aromatic rings. The van der Waals surface area contributed by atoms with Crippen molar-refractivity contribution in [1.29, 1.82) is 0 Å². The van der Waals surface area contributed by atoms with Crippen LogP contribution in [0, 0.1) is 0 Å². The number of halogens is 2. The molecule has 0 atom stereocenters. The first kappa shape index (κ1) is 16.5. The van der Waals surface area contributed by atoms with Gasteiger partial charge in [-0.25, -0.2) is 8.54 Å². The van der Waals surface area contributed by atoms with Crippen molar-refractivity contribution in [2.24, 2.45) is 0 Å². The van der Waals surface area contributed by atoms with Crippen LogP contribution < -0.4 is 0 Å². The third-order valence-corrected chi connectivity index (χ3v) is 5.32. The van der Waals surface area contributed by atoms with Gasteiger partial charge in [-0.3, -0.25) is 9.05 Å². The summed E-state index contributed by atoms with van der Waals surface area (Å²) in [6.45, 7) is 3.91. The molecule has 0 amide bonds. The molecule has 0 saturated heterocycles. The van der Waals surface area contributed by atoms with Crippen molar-refractivity contribution in [3.8, 4) is 0 Å². The molecule has 0 saturated carbocycles. The fourth-order valence-corrected chi connectivity index (χ4v) is 3.79. The zero-order chi connectivity index (χ0) is 13.6. The Morgan fingerprint density at radius 2 is 1.94 bits per heavy atom. The molecule has 102 valence electrons. The fraction of sp³-hybridized carbons (Fsp3) is 0.400. The van der Waals surface area contributed by atoms with Gasteiger partial charge in [0.15, 0.2) is 0 Å². The largest absolute Gasteiger partial charge is 0.486 e. The highest BCUT2D eigenvalue weighted by atomic mass is 79.9. The monoisotopic (exact) mass is 374 g/mol. The molecule has 0 aliphatic rings. The first-order valence-electron chi connectivity index (χ1n) is 5.21. The number of phosphoric acid groups is 1. The topological polar surface area (TPSA) is 44.8 Å². The lowest BCUT2D eigenvalue weighted by Crippen LogP contribution is -1.96. The maximum absolute atomic E-state index is 12.0. The summed E-state index contributed by atoms with van der Waals surface area (Å²) in [6, 6.07) is 5.28. The molecule has 0 fully saturated rings. The van der Waals surface area contributed by atoms with E-state index >= 15 is 0 Å². The summed E-state index contributed by atoms with van der Waals surface area (Å²) in [4.78, 5) is 0.638. The lowest BCUT2D eigenvalue weighted by molar-refractivity contribution is 0.175. The molecule has 8 heteroatoms. The van der Waals surface area contributed by atoms with Crippen LogP contribution in [0.1, 0.15) is 13.8 Å². The summed E-state index contributed by atoms with van der Waals surface area (Å²) >= 11 is 10.2. The summed E-state index contributed by atoms with van der Waals surface area (Å²) in [7, 11) is -3.52. The summed E-state index contributed by atoms with van der Waals surface area (Å²) in [5.74, 6) is 0. The van der Waals surface area contributed by atoms with E-state index in [0.29, 0.717) is 9.92 Å². The van der Waals surface area contributed by atoms with E-state index in [1.54, 1.807) is 26.0 Å². The number of rotatable bonds is 7. The Hall–Kier alpha value is 0.450. The molecule has 0 N–H and O–H groups in total. The van der Waals surface area contributed by atoms with Gasteiger partial charge in [0.05, 0.1) is 23.1 Å². The third kappa shape index (κ3) is 5.21. The molecule has 0 spiro atoms. The van der Waals surface area contributed by atoms with Gasteiger partial charge in [-0.2, -0.15) is 0 Å². The summed E-state index contributed by atoms with van der Waals surface area (Å²) in [5, 5.41) is 0.494. The van der Waals surface area contributed by atoms with Crippen molar-refractivity contribution in [1.82, 2.24) is 0 Å². The van der Waals surface area contributed by atoms with Crippen LogP contribution in [0.5, 0.6) is 0 Å². The second-order valence-electron chi connectivity index (χ2n) is 3.02. The van der Waals surface area contributed by atoms with E-state index in [2.05, 4.69) is 15.9 Å². The van der Waals surface area contributed by atoms with Crippen LogP contribution in [0.2, 0.25) is 5.02 Å². The fourth-order valence-electron chi connectivity index (χ4n) is 1.03. The molecular formula is C10H13BrClO4PS. The maximum Gasteiger partial charge on any atom is 0.486 e. The Balaban J connectivity index is 2.69.